The standard InChI is InChI=1S/C23H25N3O7/c1-3-32-17-10-8-16(9-11-17)24-20(27)14-33-23(30)15-12-21(28)26(13-15)25-22(29)18-6-4-5-7-19(18)31-2/h4-11,15H,3,12-14H2,1-2H3,(H,24,27)(H,25,29)/t15-/m0/s1. The van der Waals surface area contributed by atoms with Crippen molar-refractivity contribution in [3.63, 3.8) is 0 Å². The van der Waals surface area contributed by atoms with Crippen LogP contribution in [0, 0.1) is 5.92 Å². The van der Waals surface area contributed by atoms with E-state index in [1.54, 1.807) is 48.5 Å². The number of carbonyl (C=O) groups is 4. The van der Waals surface area contributed by atoms with Crippen LogP contribution in [0.4, 0.5) is 5.69 Å². The van der Waals surface area contributed by atoms with E-state index in [0.717, 1.165) is 5.01 Å². The molecule has 1 atom stereocenters. The number of methoxy groups -OCH3 is 1. The van der Waals surface area contributed by atoms with Crippen LogP contribution in [0.15, 0.2) is 48.5 Å². The van der Waals surface area contributed by atoms with Crippen LogP contribution in [-0.4, -0.2) is 55.6 Å². The summed E-state index contributed by atoms with van der Waals surface area (Å²) in [5, 5.41) is 3.68. The van der Waals surface area contributed by atoms with Gasteiger partial charge in [-0.3, -0.25) is 29.6 Å². The molecule has 1 aliphatic rings. The summed E-state index contributed by atoms with van der Waals surface area (Å²) in [6, 6.07) is 13.3. The molecule has 2 N–H and O–H groups in total. The van der Waals surface area contributed by atoms with Gasteiger partial charge in [0.2, 0.25) is 5.91 Å². The third kappa shape index (κ3) is 6.22. The molecular formula is C23H25N3O7. The van der Waals surface area contributed by atoms with E-state index in [2.05, 4.69) is 10.7 Å². The molecule has 0 bridgehead atoms. The summed E-state index contributed by atoms with van der Waals surface area (Å²) in [4.78, 5) is 49.1. The van der Waals surface area contributed by atoms with Crippen LogP contribution in [0.3, 0.4) is 0 Å². The Hall–Kier alpha value is -4.08. The minimum Gasteiger partial charge on any atom is -0.496 e. The first-order chi connectivity index (χ1) is 15.9. The number of nitrogens with zero attached hydrogens (tertiary/aromatic N) is 1. The van der Waals surface area contributed by atoms with Crippen molar-refractivity contribution in [2.24, 2.45) is 5.92 Å². The lowest BCUT2D eigenvalue weighted by molar-refractivity contribution is -0.151. The van der Waals surface area contributed by atoms with E-state index in [-0.39, 0.29) is 18.5 Å². The molecule has 0 unspecified atom stereocenters. The van der Waals surface area contributed by atoms with Crippen LogP contribution in [0.25, 0.3) is 0 Å². The number of para-hydroxylation sites is 1. The van der Waals surface area contributed by atoms with Crippen LogP contribution in [-0.2, 0) is 19.1 Å². The number of carbonyl (C=O) groups excluding carboxylic acids is 4. The largest absolute Gasteiger partial charge is 0.496 e. The normalized spacial score (nSPS) is 15.0. The highest BCUT2D eigenvalue weighted by Crippen LogP contribution is 2.21. The van der Waals surface area contributed by atoms with Crippen molar-refractivity contribution in [1.82, 2.24) is 10.4 Å². The number of benzene rings is 2. The molecule has 0 saturated carbocycles. The van der Waals surface area contributed by atoms with Crippen molar-refractivity contribution in [2.45, 2.75) is 13.3 Å². The van der Waals surface area contributed by atoms with Gasteiger partial charge in [0, 0.05) is 12.1 Å². The van der Waals surface area contributed by atoms with Gasteiger partial charge in [-0.25, -0.2) is 0 Å². The van der Waals surface area contributed by atoms with Crippen LogP contribution < -0.4 is 20.2 Å². The van der Waals surface area contributed by atoms with Crippen molar-refractivity contribution in [3.05, 3.63) is 54.1 Å². The smallest absolute Gasteiger partial charge is 0.311 e. The lowest BCUT2D eigenvalue weighted by Gasteiger charge is -2.18. The molecule has 2 aromatic carbocycles. The van der Waals surface area contributed by atoms with Gasteiger partial charge >= 0.3 is 5.97 Å². The molecule has 3 amide bonds. The molecule has 1 heterocycles. The van der Waals surface area contributed by atoms with Gasteiger partial charge in [0.15, 0.2) is 6.61 Å². The number of ether oxygens (including phenoxy) is 3. The first kappa shape index (κ1) is 23.6. The van der Waals surface area contributed by atoms with Gasteiger partial charge in [-0.15, -0.1) is 0 Å². The lowest BCUT2D eigenvalue weighted by atomic mass is 10.1. The zero-order valence-corrected chi connectivity index (χ0v) is 18.3. The molecule has 0 aromatic heterocycles. The molecule has 10 nitrogen and oxygen atoms in total. The summed E-state index contributed by atoms with van der Waals surface area (Å²) in [6.45, 7) is 1.85. The minimum atomic E-state index is -0.797. The Morgan fingerprint density at radius 1 is 1.09 bits per heavy atom. The number of rotatable bonds is 9. The maximum atomic E-state index is 12.5. The summed E-state index contributed by atoms with van der Waals surface area (Å²) in [5.74, 6) is -1.94. The van der Waals surface area contributed by atoms with Gasteiger partial charge in [-0.05, 0) is 43.3 Å². The Morgan fingerprint density at radius 3 is 2.52 bits per heavy atom. The van der Waals surface area contributed by atoms with Gasteiger partial charge in [-0.1, -0.05) is 12.1 Å². The van der Waals surface area contributed by atoms with Crippen molar-refractivity contribution < 1.29 is 33.4 Å². The summed E-state index contributed by atoms with van der Waals surface area (Å²) in [6.07, 6.45) is -0.133. The number of esters is 1. The Morgan fingerprint density at radius 2 is 1.82 bits per heavy atom. The predicted molar refractivity (Wildman–Crippen MR) is 117 cm³/mol. The second-order valence-corrected chi connectivity index (χ2v) is 7.16. The monoisotopic (exact) mass is 455 g/mol. The Bertz CT molecular complexity index is 1020. The number of hydrogen-bond acceptors (Lipinski definition) is 7. The number of anilines is 1. The second kappa shape index (κ2) is 11.0. The zero-order valence-electron chi connectivity index (χ0n) is 18.3. The number of amides is 3. The molecule has 0 spiro atoms. The summed E-state index contributed by atoms with van der Waals surface area (Å²) >= 11 is 0. The van der Waals surface area contributed by atoms with E-state index in [1.807, 2.05) is 6.92 Å². The highest BCUT2D eigenvalue weighted by molar-refractivity contribution is 5.98. The van der Waals surface area contributed by atoms with E-state index >= 15 is 0 Å². The molecule has 1 saturated heterocycles. The number of hydrazine groups is 1. The molecule has 1 aliphatic heterocycles. The average molecular weight is 455 g/mol. The first-order valence-corrected chi connectivity index (χ1v) is 10.3. The molecular weight excluding hydrogens is 430 g/mol. The summed E-state index contributed by atoms with van der Waals surface area (Å²) in [5.41, 5.74) is 3.27. The van der Waals surface area contributed by atoms with Crippen LogP contribution in [0.1, 0.15) is 23.7 Å². The molecule has 174 valence electrons. The third-order valence-corrected chi connectivity index (χ3v) is 4.84. The molecule has 10 heteroatoms. The van der Waals surface area contributed by atoms with Crippen LogP contribution in [0.2, 0.25) is 0 Å². The van der Waals surface area contributed by atoms with Crippen molar-refractivity contribution in [3.8, 4) is 11.5 Å². The predicted octanol–water partition coefficient (Wildman–Crippen LogP) is 1.77. The molecule has 0 aliphatic carbocycles. The highest BCUT2D eigenvalue weighted by atomic mass is 16.5. The summed E-state index contributed by atoms with van der Waals surface area (Å²) in [7, 11) is 1.44. The zero-order chi connectivity index (χ0) is 23.8. The Balaban J connectivity index is 1.47. The number of nitrogens with one attached hydrogen (secondary N) is 2. The van der Waals surface area contributed by atoms with Crippen LogP contribution in [0.5, 0.6) is 11.5 Å². The van der Waals surface area contributed by atoms with Crippen molar-refractivity contribution in [2.75, 3.05) is 32.2 Å². The number of hydrogen-bond donors (Lipinski definition) is 2. The fraction of sp³-hybridized carbons (Fsp3) is 0.304. The van der Waals surface area contributed by atoms with Gasteiger partial charge in [0.25, 0.3) is 11.8 Å². The van der Waals surface area contributed by atoms with E-state index < -0.39 is 36.2 Å². The lowest BCUT2D eigenvalue weighted by Crippen LogP contribution is -2.43. The van der Waals surface area contributed by atoms with Crippen LogP contribution >= 0.6 is 0 Å². The van der Waals surface area contributed by atoms with Crippen molar-refractivity contribution >= 4 is 29.4 Å². The molecule has 0 radical (unpaired) electrons. The molecule has 2 aromatic rings. The first-order valence-electron chi connectivity index (χ1n) is 10.3. The summed E-state index contributed by atoms with van der Waals surface area (Å²) < 4.78 is 15.5. The fourth-order valence-electron chi connectivity index (χ4n) is 3.24. The molecule has 1 fully saturated rings. The van der Waals surface area contributed by atoms with E-state index in [0.29, 0.717) is 23.8 Å². The fourth-order valence-corrected chi connectivity index (χ4v) is 3.24. The van der Waals surface area contributed by atoms with Gasteiger partial charge in [0.05, 0.1) is 31.7 Å². The van der Waals surface area contributed by atoms with Gasteiger partial charge in [0.1, 0.15) is 11.5 Å². The Labute approximate surface area is 190 Å². The second-order valence-electron chi connectivity index (χ2n) is 7.16. The van der Waals surface area contributed by atoms with E-state index in [4.69, 9.17) is 14.2 Å². The Kier molecular flexibility index (Phi) is 7.85. The topological polar surface area (TPSA) is 123 Å². The molecule has 3 rings (SSSR count). The minimum absolute atomic E-state index is 0.0565. The quantitative estimate of drug-likeness (QED) is 0.553. The maximum Gasteiger partial charge on any atom is 0.311 e. The van der Waals surface area contributed by atoms with E-state index in [9.17, 15) is 19.2 Å². The van der Waals surface area contributed by atoms with Gasteiger partial charge < -0.3 is 19.5 Å². The average Bonchev–Trinajstić information content (AvgIpc) is 3.19. The third-order valence-electron chi connectivity index (χ3n) is 4.84. The maximum absolute atomic E-state index is 12.5. The SMILES string of the molecule is CCOc1ccc(NC(=O)COC(=O)[C@H]2CC(=O)N(NC(=O)c3ccccc3OC)C2)cc1. The molecule has 33 heavy (non-hydrogen) atoms. The van der Waals surface area contributed by atoms with E-state index in [1.165, 1.54) is 7.11 Å². The highest BCUT2D eigenvalue weighted by Gasteiger charge is 2.37. The van der Waals surface area contributed by atoms with Gasteiger partial charge in [-0.2, -0.15) is 0 Å². The van der Waals surface area contributed by atoms with Crippen molar-refractivity contribution in [1.29, 1.82) is 0 Å².